The van der Waals surface area contributed by atoms with Gasteiger partial charge in [-0.25, -0.2) is 0 Å². The molecule has 2 heterocycles. The minimum atomic E-state index is 0.542. The van der Waals surface area contributed by atoms with Crippen molar-refractivity contribution >= 4 is 43.7 Å². The van der Waals surface area contributed by atoms with Crippen molar-refractivity contribution < 1.29 is 4.42 Å². The summed E-state index contributed by atoms with van der Waals surface area (Å²) in [5.74, 6) is 0.542. The molecule has 2 aromatic heterocycles. The molecule has 0 aliphatic carbocycles. The summed E-state index contributed by atoms with van der Waals surface area (Å²) in [6.45, 7) is 8.83. The molecule has 1 atom stereocenters. The smallest absolute Gasteiger partial charge is 0.135 e. The highest BCUT2D eigenvalue weighted by Crippen LogP contribution is 2.36. The summed E-state index contributed by atoms with van der Waals surface area (Å²) in [5, 5.41) is 4.94. The fourth-order valence-corrected chi connectivity index (χ4v) is 6.42. The van der Waals surface area contributed by atoms with Gasteiger partial charge in [0, 0.05) is 27.2 Å². The van der Waals surface area contributed by atoms with Gasteiger partial charge in [0.15, 0.2) is 0 Å². The van der Waals surface area contributed by atoms with Crippen molar-refractivity contribution in [1.29, 1.82) is 0 Å². The predicted octanol–water partition coefficient (Wildman–Crippen LogP) is 12.2. The molecular weight excluding hydrogens is 534 g/mol. The van der Waals surface area contributed by atoms with E-state index in [9.17, 15) is 0 Å². The second kappa shape index (κ2) is 11.5. The zero-order valence-corrected chi connectivity index (χ0v) is 25.8. The third-order valence-electron chi connectivity index (χ3n) is 9.08. The Morgan fingerprint density at radius 3 is 1.61 bits per heavy atom. The maximum atomic E-state index is 6.16. The van der Waals surface area contributed by atoms with Crippen LogP contribution in [0.15, 0.2) is 138 Å². The van der Waals surface area contributed by atoms with Gasteiger partial charge in [-0.2, -0.15) is 0 Å². The second-order valence-corrected chi connectivity index (χ2v) is 11.8. The molecule has 44 heavy (non-hydrogen) atoms. The van der Waals surface area contributed by atoms with Gasteiger partial charge < -0.3 is 8.98 Å². The fraction of sp³-hybridized carbons (Fsp3) is 0.143. The van der Waals surface area contributed by atoms with Gasteiger partial charge in [-0.15, -0.1) is 0 Å². The number of benzene rings is 6. The van der Waals surface area contributed by atoms with Crippen molar-refractivity contribution in [1.82, 2.24) is 4.57 Å². The molecule has 0 saturated heterocycles. The molecule has 0 aliphatic heterocycles. The lowest BCUT2D eigenvalue weighted by Crippen LogP contribution is -1.93. The number of aryl methyl sites for hydroxylation is 2. The number of hydrogen-bond acceptors (Lipinski definition) is 1. The molecule has 0 amide bonds. The van der Waals surface area contributed by atoms with Crippen LogP contribution in [0.1, 0.15) is 42.9 Å². The Labute approximate surface area is 259 Å². The summed E-state index contributed by atoms with van der Waals surface area (Å²) in [7, 11) is 0. The zero-order chi connectivity index (χ0) is 30.2. The largest absolute Gasteiger partial charge is 0.456 e. The van der Waals surface area contributed by atoms with E-state index in [0.717, 1.165) is 23.3 Å². The first kappa shape index (κ1) is 27.7. The number of fused-ring (bicyclic) bond motifs is 6. The lowest BCUT2D eigenvalue weighted by atomic mass is 9.97. The lowest BCUT2D eigenvalue weighted by molar-refractivity contribution is 0.668. The summed E-state index contributed by atoms with van der Waals surface area (Å²) < 4.78 is 8.52. The second-order valence-electron chi connectivity index (χ2n) is 11.8. The normalized spacial score (nSPS) is 12.1. The average molecular weight is 572 g/mol. The Bertz CT molecular complexity index is 2170. The first-order valence-electron chi connectivity index (χ1n) is 15.6. The molecule has 8 aromatic rings. The Morgan fingerprint density at radius 1 is 0.545 bits per heavy atom. The van der Waals surface area contributed by atoms with Crippen LogP contribution in [-0.2, 0) is 0 Å². The number of hydrogen-bond donors (Lipinski definition) is 0. The number of aromatic nitrogens is 1. The van der Waals surface area contributed by atoms with Crippen LogP contribution in [0, 0.1) is 13.8 Å². The van der Waals surface area contributed by atoms with Gasteiger partial charge in [0.05, 0.1) is 11.0 Å². The number of rotatable bonds is 4. The molecule has 0 saturated carbocycles. The monoisotopic (exact) mass is 571 g/mol. The summed E-state index contributed by atoms with van der Waals surface area (Å²) in [4.78, 5) is 0. The van der Waals surface area contributed by atoms with Gasteiger partial charge in [-0.3, -0.25) is 0 Å². The van der Waals surface area contributed by atoms with Crippen LogP contribution in [0.5, 0.6) is 0 Å². The lowest BCUT2D eigenvalue weighted by Gasteiger charge is -2.09. The summed E-state index contributed by atoms with van der Waals surface area (Å²) in [6.07, 6.45) is 1.13. The van der Waals surface area contributed by atoms with Crippen molar-refractivity contribution in [3.05, 3.63) is 150 Å². The Kier molecular flexibility index (Phi) is 7.28. The standard InChI is InChI=1S/C28H23NO.C14H14/c1-3-18(2)19-12-14-27-23(16-19)24-17-20(13-15-28(24)30-27)29-25-10-6-4-8-21(25)22-9-5-7-11-26(22)29;1-11-7-3-5-9-13(11)14-10-6-4-8-12(14)2/h4-18H,3H2,1-2H3;3-10H,1-2H3. The van der Waals surface area contributed by atoms with E-state index in [0.29, 0.717) is 5.92 Å². The highest BCUT2D eigenvalue weighted by Gasteiger charge is 2.15. The summed E-state index contributed by atoms with van der Waals surface area (Å²) >= 11 is 0. The van der Waals surface area contributed by atoms with Crippen molar-refractivity contribution in [2.75, 3.05) is 0 Å². The summed E-state index contributed by atoms with van der Waals surface area (Å²) in [5.41, 5.74) is 12.2. The maximum absolute atomic E-state index is 6.16. The predicted molar refractivity (Wildman–Crippen MR) is 188 cm³/mol. The van der Waals surface area contributed by atoms with E-state index < -0.39 is 0 Å². The molecule has 8 rings (SSSR count). The third kappa shape index (κ3) is 4.87. The van der Waals surface area contributed by atoms with E-state index in [-0.39, 0.29) is 0 Å². The van der Waals surface area contributed by atoms with Gasteiger partial charge in [-0.05, 0) is 96.5 Å². The molecule has 0 spiro atoms. The minimum absolute atomic E-state index is 0.542. The molecule has 1 unspecified atom stereocenters. The first-order valence-corrected chi connectivity index (χ1v) is 15.6. The molecule has 2 nitrogen and oxygen atoms in total. The minimum Gasteiger partial charge on any atom is -0.456 e. The quantitative estimate of drug-likeness (QED) is 0.205. The summed E-state index contributed by atoms with van der Waals surface area (Å²) in [6, 6.07) is 47.5. The van der Waals surface area contributed by atoms with Gasteiger partial charge in [-0.1, -0.05) is 105 Å². The van der Waals surface area contributed by atoms with E-state index >= 15 is 0 Å². The van der Waals surface area contributed by atoms with Gasteiger partial charge in [0.2, 0.25) is 0 Å². The maximum Gasteiger partial charge on any atom is 0.135 e. The van der Waals surface area contributed by atoms with E-state index in [1.165, 1.54) is 60.4 Å². The van der Waals surface area contributed by atoms with Crippen molar-refractivity contribution in [2.24, 2.45) is 0 Å². The van der Waals surface area contributed by atoms with Gasteiger partial charge in [0.25, 0.3) is 0 Å². The number of para-hydroxylation sites is 2. The van der Waals surface area contributed by atoms with Crippen molar-refractivity contribution in [3.8, 4) is 16.8 Å². The SMILES string of the molecule is CCC(C)c1ccc2oc3ccc(-n4c5ccccc5c5ccccc54)cc3c2c1.Cc1ccccc1-c1ccccc1C. The molecule has 0 N–H and O–H groups in total. The molecule has 216 valence electrons. The van der Waals surface area contributed by atoms with Crippen molar-refractivity contribution in [3.63, 3.8) is 0 Å². The van der Waals surface area contributed by atoms with Crippen LogP contribution in [0.2, 0.25) is 0 Å². The van der Waals surface area contributed by atoms with Gasteiger partial charge in [0.1, 0.15) is 11.2 Å². The molecule has 6 aromatic carbocycles. The average Bonchev–Trinajstić information content (AvgIpc) is 3.60. The van der Waals surface area contributed by atoms with Crippen LogP contribution >= 0.6 is 0 Å². The van der Waals surface area contributed by atoms with Crippen molar-refractivity contribution in [2.45, 2.75) is 40.0 Å². The first-order chi connectivity index (χ1) is 21.5. The number of nitrogens with zero attached hydrogens (tertiary/aromatic N) is 1. The van der Waals surface area contributed by atoms with E-state index in [2.05, 4.69) is 166 Å². The highest BCUT2D eigenvalue weighted by molar-refractivity contribution is 6.10. The number of furan rings is 1. The highest BCUT2D eigenvalue weighted by atomic mass is 16.3. The fourth-order valence-electron chi connectivity index (χ4n) is 6.42. The van der Waals surface area contributed by atoms with E-state index in [1.54, 1.807) is 0 Å². The van der Waals surface area contributed by atoms with Crippen LogP contribution in [0.4, 0.5) is 0 Å². The Balaban J connectivity index is 0.000000187. The third-order valence-corrected chi connectivity index (χ3v) is 9.08. The molecule has 2 heteroatoms. The molecule has 0 radical (unpaired) electrons. The van der Waals surface area contributed by atoms with E-state index in [4.69, 9.17) is 4.42 Å². The molecule has 0 fully saturated rings. The van der Waals surface area contributed by atoms with Gasteiger partial charge >= 0.3 is 0 Å². The van der Waals surface area contributed by atoms with Crippen LogP contribution in [0.3, 0.4) is 0 Å². The topological polar surface area (TPSA) is 18.1 Å². The van der Waals surface area contributed by atoms with Crippen LogP contribution in [-0.4, -0.2) is 4.57 Å². The Morgan fingerprint density at radius 2 is 1.05 bits per heavy atom. The zero-order valence-electron chi connectivity index (χ0n) is 25.8. The van der Waals surface area contributed by atoms with E-state index in [1.807, 2.05) is 0 Å². The Hall–Kier alpha value is -5.08. The van der Waals surface area contributed by atoms with Crippen LogP contribution in [0.25, 0.3) is 60.6 Å². The molecular formula is C42H37NO. The molecule has 0 bridgehead atoms. The van der Waals surface area contributed by atoms with Crippen LogP contribution < -0.4 is 0 Å². The molecule has 0 aliphatic rings.